The Labute approximate surface area is 411 Å². The summed E-state index contributed by atoms with van der Waals surface area (Å²) in [7, 11) is -15.1. The number of esters is 1. The van der Waals surface area contributed by atoms with Crippen molar-refractivity contribution in [3.63, 3.8) is 0 Å². The molecule has 3 rings (SSSR count). The largest absolute Gasteiger partial charge is 0.492 e. The van der Waals surface area contributed by atoms with Gasteiger partial charge in [0.15, 0.2) is 0 Å². The van der Waals surface area contributed by atoms with E-state index in [1.165, 1.54) is 18.2 Å². The van der Waals surface area contributed by atoms with Crippen LogP contribution in [0.2, 0.25) is 0 Å². The lowest BCUT2D eigenvalue weighted by Crippen LogP contribution is -2.46. The molecule has 22 nitrogen and oxygen atoms in total. The van der Waals surface area contributed by atoms with E-state index >= 15 is 0 Å². The third-order valence-electron chi connectivity index (χ3n) is 9.00. The van der Waals surface area contributed by atoms with E-state index in [1.807, 2.05) is 0 Å². The highest BCUT2D eigenvalue weighted by atomic mass is 32.2. The molecule has 3 aromatic carbocycles. The lowest BCUT2D eigenvalue weighted by molar-refractivity contribution is 0.0497. The number of amides is 2. The Kier molecular flexibility index (Phi) is 22.8. The Hall–Kier alpha value is -5.09. The lowest BCUT2D eigenvalue weighted by atomic mass is 10.1. The Morgan fingerprint density at radius 2 is 0.871 bits per heavy atom. The highest BCUT2D eigenvalue weighted by Crippen LogP contribution is 2.24. The summed E-state index contributed by atoms with van der Waals surface area (Å²) in [5.41, 5.74) is -0.143. The molecular weight excluding hydrogens is 997 g/mol. The molecule has 0 unspecified atom stereocenters. The fourth-order valence-electron chi connectivity index (χ4n) is 6.21. The zero-order chi connectivity index (χ0) is 52.2. The molecule has 0 saturated heterocycles. The highest BCUT2D eigenvalue weighted by molar-refractivity contribution is 7.90. The van der Waals surface area contributed by atoms with Crippen LogP contribution in [0.1, 0.15) is 63.0 Å². The van der Waals surface area contributed by atoms with E-state index in [0.717, 1.165) is 18.2 Å². The van der Waals surface area contributed by atoms with Crippen molar-refractivity contribution in [2.24, 2.45) is 0 Å². The van der Waals surface area contributed by atoms with Gasteiger partial charge < -0.3 is 34.3 Å². The highest BCUT2D eigenvalue weighted by Gasteiger charge is 2.27. The second-order valence-electron chi connectivity index (χ2n) is 17.7. The molecule has 392 valence electrons. The van der Waals surface area contributed by atoms with Crippen LogP contribution in [0.25, 0.3) is 0 Å². The van der Waals surface area contributed by atoms with Gasteiger partial charge in [0.05, 0.1) is 47.8 Å². The zero-order valence-electron chi connectivity index (χ0n) is 40.3. The van der Waals surface area contributed by atoms with E-state index in [4.69, 9.17) is 23.7 Å². The van der Waals surface area contributed by atoms with E-state index < -0.39 is 118 Å². The third-order valence-corrected chi connectivity index (χ3v) is 14.7. The van der Waals surface area contributed by atoms with Gasteiger partial charge >= 0.3 is 18.2 Å². The van der Waals surface area contributed by atoms with Crippen molar-refractivity contribution in [3.05, 3.63) is 95.6 Å². The summed E-state index contributed by atoms with van der Waals surface area (Å²) in [5.74, 6) is -3.01. The van der Waals surface area contributed by atoms with Gasteiger partial charge in [0.1, 0.15) is 35.9 Å². The summed E-state index contributed by atoms with van der Waals surface area (Å²) in [5, 5.41) is 5.16. The average molecular weight is 1060 g/mol. The first-order valence-corrected chi connectivity index (χ1v) is 28.6. The van der Waals surface area contributed by atoms with Crippen LogP contribution in [0.4, 0.5) is 9.59 Å². The fourth-order valence-corrected chi connectivity index (χ4v) is 10.8. The number of sulfonamides is 4. The molecule has 0 aliphatic carbocycles. The van der Waals surface area contributed by atoms with E-state index in [1.54, 1.807) is 102 Å². The molecule has 2 amide bonds. The number of benzene rings is 3. The van der Waals surface area contributed by atoms with E-state index in [9.17, 15) is 48.1 Å². The molecule has 26 heteroatoms. The molecular formula is C44H66N6O16S4. The van der Waals surface area contributed by atoms with Gasteiger partial charge in [0.25, 0.3) is 0 Å². The summed E-state index contributed by atoms with van der Waals surface area (Å²) in [6.45, 7) is 8.02. The minimum Gasteiger partial charge on any atom is -0.492 e. The second-order valence-corrected chi connectivity index (χ2v) is 25.3. The smallest absolute Gasteiger partial charge is 0.407 e. The molecule has 70 heavy (non-hydrogen) atoms. The van der Waals surface area contributed by atoms with E-state index in [-0.39, 0.29) is 56.2 Å². The molecule has 0 saturated carbocycles. The topological polar surface area (TPSA) is 306 Å². The molecule has 0 aromatic heterocycles. The van der Waals surface area contributed by atoms with E-state index in [0.29, 0.717) is 0 Å². The van der Waals surface area contributed by atoms with Crippen molar-refractivity contribution < 1.29 is 71.7 Å². The molecule has 0 aliphatic heterocycles. The van der Waals surface area contributed by atoms with Crippen molar-refractivity contribution in [2.75, 3.05) is 69.5 Å². The molecule has 6 N–H and O–H groups in total. The zero-order valence-corrected chi connectivity index (χ0v) is 43.6. The van der Waals surface area contributed by atoms with Crippen molar-refractivity contribution in [1.82, 2.24) is 29.5 Å². The summed E-state index contributed by atoms with van der Waals surface area (Å²) in [6, 6.07) is 19.9. The molecule has 0 fully saturated rings. The van der Waals surface area contributed by atoms with Crippen LogP contribution in [-0.4, -0.2) is 145 Å². The predicted molar refractivity (Wildman–Crippen MR) is 263 cm³/mol. The maximum absolute atomic E-state index is 13.0. The number of alkyl carbamates (subject to hydrolysis) is 2. The first-order valence-electron chi connectivity index (χ1n) is 22.0. The fraction of sp³-hybridized carbons (Fsp3) is 0.523. The van der Waals surface area contributed by atoms with Crippen LogP contribution in [0.5, 0.6) is 11.5 Å². The standard InChI is InChI=1S/C44H66N6O16S4/c1-43(2,3)65-41(52)49-36(26-33-14-10-8-11-15-33)31-69(58,59)47-20-24-67(54,55)45-18-22-63-38-28-35(40(51)62-7)29-39(30-38)64-23-19-46-68(56,57)25-21-48-70(60,61)32-37(27-34-16-12-9-13-17-34)50-42(53)66-44(4,5)6/h8-17,28-30,36-37,45-48H,18-27,31-32H2,1-7H3,(H,49,52)(H,50,53)/t36-,37-/m0/s1. The first-order chi connectivity index (χ1) is 32.5. The lowest BCUT2D eigenvalue weighted by Gasteiger charge is -2.24. The van der Waals surface area contributed by atoms with Gasteiger partial charge in [-0.3, -0.25) is 0 Å². The van der Waals surface area contributed by atoms with E-state index in [2.05, 4.69) is 29.5 Å². The molecule has 0 bridgehead atoms. The predicted octanol–water partition coefficient (Wildman–Crippen LogP) is 2.18. The Balaban J connectivity index is 1.48. The van der Waals surface area contributed by atoms with Crippen molar-refractivity contribution in [2.45, 2.75) is 77.7 Å². The van der Waals surface area contributed by atoms with Crippen LogP contribution in [-0.2, 0) is 67.1 Å². The Morgan fingerprint density at radius 3 is 1.21 bits per heavy atom. The number of hydrogen-bond acceptors (Lipinski definition) is 16. The Bertz CT molecular complexity index is 2440. The van der Waals surface area contributed by atoms with Gasteiger partial charge in [-0.2, -0.15) is 0 Å². The van der Waals surface area contributed by atoms with Gasteiger partial charge in [-0.25, -0.2) is 66.9 Å². The van der Waals surface area contributed by atoms with Gasteiger partial charge in [-0.15, -0.1) is 0 Å². The molecule has 2 atom stereocenters. The van der Waals surface area contributed by atoms with Crippen LogP contribution < -0.4 is 39.0 Å². The van der Waals surface area contributed by atoms with Gasteiger partial charge in [-0.05, 0) is 77.6 Å². The molecule has 0 aliphatic rings. The van der Waals surface area contributed by atoms with Crippen molar-refractivity contribution in [3.8, 4) is 11.5 Å². The van der Waals surface area contributed by atoms with Crippen LogP contribution >= 0.6 is 0 Å². The number of carbonyl (C=O) groups is 3. The average Bonchev–Trinajstić information content (AvgIpc) is 3.22. The maximum Gasteiger partial charge on any atom is 0.407 e. The minimum atomic E-state index is -4.09. The Morgan fingerprint density at radius 1 is 0.514 bits per heavy atom. The number of ether oxygens (including phenoxy) is 5. The first kappa shape index (κ1) is 59.2. The van der Waals surface area contributed by atoms with Crippen molar-refractivity contribution in [1.29, 1.82) is 0 Å². The second kappa shape index (κ2) is 26.9. The van der Waals surface area contributed by atoms with Gasteiger partial charge in [-0.1, -0.05) is 60.7 Å². The SMILES string of the molecule is COC(=O)c1cc(OCCNS(=O)(=O)CCNS(=O)(=O)C[C@H](Cc2ccccc2)NC(=O)OC(C)(C)C)cc(OCCNS(=O)(=O)CCNS(=O)(=O)C[C@H](Cc2ccccc2)NC(=O)OC(C)(C)C)c1. The van der Waals surface area contributed by atoms with Crippen molar-refractivity contribution >= 4 is 58.2 Å². The number of rotatable bonds is 29. The van der Waals surface area contributed by atoms with Gasteiger partial charge in [0.2, 0.25) is 40.1 Å². The molecule has 0 heterocycles. The molecule has 0 spiro atoms. The van der Waals surface area contributed by atoms with Crippen LogP contribution in [0.15, 0.2) is 78.9 Å². The molecule has 0 radical (unpaired) electrons. The monoisotopic (exact) mass is 1060 g/mol. The summed E-state index contributed by atoms with van der Waals surface area (Å²) in [6.07, 6.45) is -1.29. The number of methoxy groups -OCH3 is 1. The number of hydrogen-bond donors (Lipinski definition) is 6. The summed E-state index contributed by atoms with van der Waals surface area (Å²) < 4.78 is 139. The third kappa shape index (κ3) is 25.7. The minimum absolute atomic E-state index is 0.00432. The number of carbonyl (C=O) groups excluding carboxylic acids is 3. The summed E-state index contributed by atoms with van der Waals surface area (Å²) >= 11 is 0. The van der Waals surface area contributed by atoms with Crippen LogP contribution in [0.3, 0.4) is 0 Å². The quantitative estimate of drug-likeness (QED) is 0.0330. The molecule has 3 aromatic rings. The van der Waals surface area contributed by atoms with Crippen LogP contribution in [0, 0.1) is 0 Å². The summed E-state index contributed by atoms with van der Waals surface area (Å²) in [4.78, 5) is 37.4. The number of nitrogens with one attached hydrogen (secondary N) is 6. The maximum atomic E-state index is 13.0. The normalized spacial score (nSPS) is 13.4. The van der Waals surface area contributed by atoms with Gasteiger partial charge in [0, 0.05) is 32.2 Å².